The van der Waals surface area contributed by atoms with Crippen molar-refractivity contribution in [3.05, 3.63) is 35.2 Å². The van der Waals surface area contributed by atoms with Crippen LogP contribution in [0.3, 0.4) is 0 Å². The van der Waals surface area contributed by atoms with Gasteiger partial charge < -0.3 is 9.73 Å². The van der Waals surface area contributed by atoms with E-state index in [4.69, 9.17) is 4.42 Å². The van der Waals surface area contributed by atoms with E-state index in [-0.39, 0.29) is 6.04 Å². The van der Waals surface area contributed by atoms with Crippen LogP contribution in [0.25, 0.3) is 0 Å². The highest BCUT2D eigenvalue weighted by atomic mass is 79.9. The van der Waals surface area contributed by atoms with Gasteiger partial charge in [0.15, 0.2) is 4.67 Å². The van der Waals surface area contributed by atoms with Crippen molar-refractivity contribution in [1.82, 2.24) is 5.32 Å². The van der Waals surface area contributed by atoms with Gasteiger partial charge in [0.2, 0.25) is 0 Å². The second kappa shape index (κ2) is 3.74. The molecule has 60 valence electrons. The highest BCUT2D eigenvalue weighted by molar-refractivity contribution is 9.10. The van der Waals surface area contributed by atoms with Gasteiger partial charge in [-0.15, -0.1) is 6.58 Å². The predicted molar refractivity (Wildman–Crippen MR) is 48.4 cm³/mol. The van der Waals surface area contributed by atoms with E-state index in [1.54, 1.807) is 6.08 Å². The van der Waals surface area contributed by atoms with E-state index in [2.05, 4.69) is 27.8 Å². The molecule has 11 heavy (non-hydrogen) atoms. The van der Waals surface area contributed by atoms with Gasteiger partial charge in [0.05, 0.1) is 6.04 Å². The van der Waals surface area contributed by atoms with Crippen LogP contribution in [0, 0.1) is 0 Å². The molecule has 0 spiro atoms. The van der Waals surface area contributed by atoms with Crippen LogP contribution in [0.5, 0.6) is 0 Å². The van der Waals surface area contributed by atoms with Crippen LogP contribution < -0.4 is 5.32 Å². The van der Waals surface area contributed by atoms with E-state index in [1.165, 1.54) is 0 Å². The minimum atomic E-state index is 0.0984. The quantitative estimate of drug-likeness (QED) is 0.785. The van der Waals surface area contributed by atoms with E-state index in [9.17, 15) is 0 Å². The molecule has 1 rings (SSSR count). The van der Waals surface area contributed by atoms with Gasteiger partial charge in [-0.3, -0.25) is 0 Å². The average Bonchev–Trinajstić information content (AvgIpc) is 2.39. The average molecular weight is 216 g/mol. The van der Waals surface area contributed by atoms with Gasteiger partial charge in [-0.1, -0.05) is 6.08 Å². The lowest BCUT2D eigenvalue weighted by Gasteiger charge is -2.05. The first-order chi connectivity index (χ1) is 5.27. The van der Waals surface area contributed by atoms with Crippen molar-refractivity contribution in [2.24, 2.45) is 0 Å². The summed E-state index contributed by atoms with van der Waals surface area (Å²) in [5.74, 6) is 0.870. The summed E-state index contributed by atoms with van der Waals surface area (Å²) < 4.78 is 6.06. The Morgan fingerprint density at radius 2 is 2.45 bits per heavy atom. The van der Waals surface area contributed by atoms with Crippen LogP contribution >= 0.6 is 15.9 Å². The van der Waals surface area contributed by atoms with Crippen molar-refractivity contribution in [2.45, 2.75) is 6.04 Å². The molecule has 1 aromatic heterocycles. The number of hydrogen-bond donors (Lipinski definition) is 1. The molecule has 0 saturated heterocycles. The second-order valence-electron chi connectivity index (χ2n) is 2.14. The Kier molecular flexibility index (Phi) is 2.91. The molecule has 1 aromatic rings. The third-order valence-corrected chi connectivity index (χ3v) is 1.87. The monoisotopic (exact) mass is 215 g/mol. The maximum atomic E-state index is 5.31. The molecule has 0 bridgehead atoms. The first kappa shape index (κ1) is 8.56. The first-order valence-electron chi connectivity index (χ1n) is 3.33. The second-order valence-corrected chi connectivity index (χ2v) is 2.93. The van der Waals surface area contributed by atoms with Crippen LogP contribution in [0.4, 0.5) is 0 Å². The van der Waals surface area contributed by atoms with Crippen LogP contribution in [0.15, 0.2) is 33.9 Å². The predicted octanol–water partition coefficient (Wildman–Crippen LogP) is 2.49. The number of likely N-dealkylation sites (N-methyl/N-ethyl adjacent to an activating group) is 1. The third-order valence-electron chi connectivity index (χ3n) is 1.45. The molecule has 1 unspecified atom stereocenters. The summed E-state index contributed by atoms with van der Waals surface area (Å²) in [5, 5.41) is 3.05. The Hall–Kier alpha value is -0.540. The zero-order chi connectivity index (χ0) is 8.27. The van der Waals surface area contributed by atoms with Crippen molar-refractivity contribution in [1.29, 1.82) is 0 Å². The smallest absolute Gasteiger partial charge is 0.169 e. The number of hydrogen-bond acceptors (Lipinski definition) is 2. The lowest BCUT2D eigenvalue weighted by Crippen LogP contribution is -2.12. The fraction of sp³-hybridized carbons (Fsp3) is 0.250. The number of nitrogens with one attached hydrogen (secondary N) is 1. The molecule has 0 aliphatic rings. The van der Waals surface area contributed by atoms with E-state index >= 15 is 0 Å². The first-order valence-corrected chi connectivity index (χ1v) is 4.12. The van der Waals surface area contributed by atoms with Crippen LogP contribution in [0.2, 0.25) is 0 Å². The molecule has 1 atom stereocenters. The highest BCUT2D eigenvalue weighted by Gasteiger charge is 2.07. The Morgan fingerprint density at radius 3 is 2.82 bits per heavy atom. The number of rotatable bonds is 3. The van der Waals surface area contributed by atoms with Crippen molar-refractivity contribution in [2.75, 3.05) is 7.05 Å². The Bertz CT molecular complexity index is 244. The van der Waals surface area contributed by atoms with Gasteiger partial charge in [0.1, 0.15) is 5.76 Å². The van der Waals surface area contributed by atoms with Gasteiger partial charge in [-0.05, 0) is 35.1 Å². The van der Waals surface area contributed by atoms with E-state index in [1.807, 2.05) is 19.2 Å². The summed E-state index contributed by atoms with van der Waals surface area (Å²) >= 11 is 3.23. The summed E-state index contributed by atoms with van der Waals surface area (Å²) in [7, 11) is 1.86. The van der Waals surface area contributed by atoms with E-state index in [0.29, 0.717) is 0 Å². The topological polar surface area (TPSA) is 25.2 Å². The van der Waals surface area contributed by atoms with Gasteiger partial charge >= 0.3 is 0 Å². The standard InChI is InChI=1S/C8H10BrNO/c1-3-6(10-2)7-4-5-8(9)11-7/h3-6,10H,1H2,2H3. The summed E-state index contributed by atoms with van der Waals surface area (Å²) in [5.41, 5.74) is 0. The van der Waals surface area contributed by atoms with Crippen molar-refractivity contribution >= 4 is 15.9 Å². The Labute approximate surface area is 74.4 Å². The number of halogens is 1. The van der Waals surface area contributed by atoms with Crippen LogP contribution in [-0.4, -0.2) is 7.05 Å². The molecule has 1 heterocycles. The van der Waals surface area contributed by atoms with Gasteiger partial charge in [-0.25, -0.2) is 0 Å². The van der Waals surface area contributed by atoms with Gasteiger partial charge in [0.25, 0.3) is 0 Å². The molecule has 2 nitrogen and oxygen atoms in total. The molecular formula is C8H10BrNO. The maximum Gasteiger partial charge on any atom is 0.169 e. The lowest BCUT2D eigenvalue weighted by atomic mass is 10.2. The molecule has 0 aliphatic carbocycles. The zero-order valence-electron chi connectivity index (χ0n) is 6.30. The summed E-state index contributed by atoms with van der Waals surface area (Å²) in [6.45, 7) is 3.68. The lowest BCUT2D eigenvalue weighted by molar-refractivity contribution is 0.452. The zero-order valence-corrected chi connectivity index (χ0v) is 7.89. The molecule has 0 aliphatic heterocycles. The van der Waals surface area contributed by atoms with Crippen LogP contribution in [0.1, 0.15) is 11.8 Å². The van der Waals surface area contributed by atoms with Crippen molar-refractivity contribution in [3.63, 3.8) is 0 Å². The molecule has 1 N–H and O–H groups in total. The summed E-state index contributed by atoms with van der Waals surface area (Å²) in [4.78, 5) is 0. The van der Waals surface area contributed by atoms with Gasteiger partial charge in [0, 0.05) is 0 Å². The fourth-order valence-corrected chi connectivity index (χ4v) is 1.19. The van der Waals surface area contributed by atoms with Crippen molar-refractivity contribution < 1.29 is 4.42 Å². The highest BCUT2D eigenvalue weighted by Crippen LogP contribution is 2.20. The minimum absolute atomic E-state index is 0.0984. The Balaban J connectivity index is 2.81. The molecule has 0 aromatic carbocycles. The molecular weight excluding hydrogens is 206 g/mol. The molecule has 0 amide bonds. The number of furan rings is 1. The van der Waals surface area contributed by atoms with Gasteiger partial charge in [-0.2, -0.15) is 0 Å². The fourth-order valence-electron chi connectivity index (χ4n) is 0.872. The maximum absolute atomic E-state index is 5.31. The molecule has 0 fully saturated rings. The summed E-state index contributed by atoms with van der Waals surface area (Å²) in [6.07, 6.45) is 1.80. The third kappa shape index (κ3) is 1.94. The van der Waals surface area contributed by atoms with Crippen LogP contribution in [-0.2, 0) is 0 Å². The SMILES string of the molecule is C=CC(NC)c1ccc(Br)o1. The van der Waals surface area contributed by atoms with E-state index in [0.717, 1.165) is 10.4 Å². The summed E-state index contributed by atoms with van der Waals surface area (Å²) in [6, 6.07) is 3.87. The molecule has 0 saturated carbocycles. The normalized spacial score (nSPS) is 12.9. The van der Waals surface area contributed by atoms with E-state index < -0.39 is 0 Å². The largest absolute Gasteiger partial charge is 0.452 e. The Morgan fingerprint density at radius 1 is 1.73 bits per heavy atom. The minimum Gasteiger partial charge on any atom is -0.452 e. The van der Waals surface area contributed by atoms with Crippen molar-refractivity contribution in [3.8, 4) is 0 Å². The molecule has 3 heteroatoms. The molecule has 0 radical (unpaired) electrons.